The first kappa shape index (κ1) is 13.0. The second kappa shape index (κ2) is 4.84. The van der Waals surface area contributed by atoms with Crippen LogP contribution < -0.4 is 0 Å². The molecule has 0 aliphatic rings. The predicted molar refractivity (Wildman–Crippen MR) is 73.1 cm³/mol. The number of rotatable bonds is 3. The van der Waals surface area contributed by atoms with E-state index in [0.29, 0.717) is 12.2 Å². The van der Waals surface area contributed by atoms with Gasteiger partial charge in [-0.3, -0.25) is 4.40 Å². The predicted octanol–water partition coefficient (Wildman–Crippen LogP) is 1.64. The average Bonchev–Trinajstić information content (AvgIpc) is 2.82. The highest BCUT2D eigenvalue weighted by Gasteiger charge is 2.10. The third-order valence-corrected chi connectivity index (χ3v) is 4.20. The molecule has 0 radical (unpaired) electrons. The molecule has 0 N–H and O–H groups in total. The molecule has 3 aromatic rings. The summed E-state index contributed by atoms with van der Waals surface area (Å²) in [5.74, 6) is 1.26. The summed E-state index contributed by atoms with van der Waals surface area (Å²) >= 11 is 0. The Morgan fingerprint density at radius 3 is 2.60 bits per heavy atom. The Balaban J connectivity index is 1.92. The van der Waals surface area contributed by atoms with Gasteiger partial charge in [-0.1, -0.05) is 12.1 Å². The topological polar surface area (TPSA) is 77.2 Å². The summed E-state index contributed by atoms with van der Waals surface area (Å²) in [4.78, 5) is 4.16. The number of nitrogens with zero attached hydrogens (tertiary/aromatic N) is 4. The summed E-state index contributed by atoms with van der Waals surface area (Å²) in [6.07, 6.45) is 4.00. The summed E-state index contributed by atoms with van der Waals surface area (Å²) in [5, 5.41) is 8.02. The van der Waals surface area contributed by atoms with Crippen LogP contribution in [-0.4, -0.2) is 28.0 Å². The van der Waals surface area contributed by atoms with E-state index in [1.165, 1.54) is 12.1 Å². The van der Waals surface area contributed by atoms with E-state index in [2.05, 4.69) is 15.2 Å². The molecule has 2 heterocycles. The Morgan fingerprint density at radius 2 is 1.90 bits per heavy atom. The van der Waals surface area contributed by atoms with E-state index in [4.69, 9.17) is 10.7 Å². The fourth-order valence-corrected chi connectivity index (χ4v) is 2.63. The Hall–Kier alpha value is -1.99. The molecule has 0 fully saturated rings. The lowest BCUT2D eigenvalue weighted by molar-refractivity contribution is 0.609. The maximum atomic E-state index is 11.2. The van der Waals surface area contributed by atoms with Crippen molar-refractivity contribution < 1.29 is 8.42 Å². The van der Waals surface area contributed by atoms with Gasteiger partial charge in [0, 0.05) is 29.5 Å². The highest BCUT2D eigenvalue weighted by molar-refractivity contribution is 8.13. The standard InChI is InChI=1S/C12H9ClN4O2S/c13-20(18,19)10-4-2-9(3-5-10)8-11-15-16-12-14-6-1-7-17(11)12/h1-7H,8H2. The lowest BCUT2D eigenvalue weighted by Crippen LogP contribution is -1.97. The number of hydrogen-bond acceptors (Lipinski definition) is 5. The molecule has 0 saturated heterocycles. The van der Waals surface area contributed by atoms with E-state index < -0.39 is 9.05 Å². The number of halogens is 1. The normalized spacial score (nSPS) is 11.8. The molecule has 0 saturated carbocycles. The fourth-order valence-electron chi connectivity index (χ4n) is 1.86. The average molecular weight is 309 g/mol. The van der Waals surface area contributed by atoms with Gasteiger partial charge in [-0.05, 0) is 23.8 Å². The summed E-state index contributed by atoms with van der Waals surface area (Å²) in [7, 11) is 1.58. The molecule has 20 heavy (non-hydrogen) atoms. The van der Waals surface area contributed by atoms with Gasteiger partial charge in [-0.2, -0.15) is 0 Å². The number of aromatic nitrogens is 4. The summed E-state index contributed by atoms with van der Waals surface area (Å²) in [5.41, 5.74) is 0.909. The van der Waals surface area contributed by atoms with Crippen LogP contribution in [-0.2, 0) is 15.5 Å². The largest absolute Gasteiger partial charge is 0.270 e. The van der Waals surface area contributed by atoms with Crippen LogP contribution in [0.1, 0.15) is 11.4 Å². The van der Waals surface area contributed by atoms with Crippen LogP contribution in [0.25, 0.3) is 5.78 Å². The molecule has 3 rings (SSSR count). The highest BCUT2D eigenvalue weighted by atomic mass is 35.7. The Morgan fingerprint density at radius 1 is 1.15 bits per heavy atom. The molecule has 0 amide bonds. The number of fused-ring (bicyclic) bond motifs is 1. The van der Waals surface area contributed by atoms with Crippen molar-refractivity contribution in [3.05, 3.63) is 54.1 Å². The zero-order chi connectivity index (χ0) is 14.2. The SMILES string of the molecule is O=S(=O)(Cl)c1ccc(Cc2nnc3ncccn23)cc1. The highest BCUT2D eigenvalue weighted by Crippen LogP contribution is 2.16. The molecular weight excluding hydrogens is 300 g/mol. The van der Waals surface area contributed by atoms with E-state index >= 15 is 0 Å². The minimum Gasteiger partial charge on any atom is -0.270 e. The molecule has 1 aromatic carbocycles. The van der Waals surface area contributed by atoms with Crippen molar-refractivity contribution in [1.82, 2.24) is 19.6 Å². The Kier molecular flexibility index (Phi) is 3.15. The van der Waals surface area contributed by atoms with Gasteiger partial charge in [0.1, 0.15) is 5.82 Å². The summed E-state index contributed by atoms with van der Waals surface area (Å²) < 4.78 is 24.1. The first-order valence-electron chi connectivity index (χ1n) is 5.72. The van der Waals surface area contributed by atoms with Crippen molar-refractivity contribution in [2.75, 3.05) is 0 Å². The molecule has 0 bridgehead atoms. The van der Waals surface area contributed by atoms with E-state index in [1.807, 2.05) is 6.20 Å². The molecular formula is C12H9ClN4O2S. The lowest BCUT2D eigenvalue weighted by atomic mass is 10.1. The second-order valence-electron chi connectivity index (χ2n) is 4.16. The van der Waals surface area contributed by atoms with Crippen LogP contribution in [0, 0.1) is 0 Å². The lowest BCUT2D eigenvalue weighted by Gasteiger charge is -2.01. The molecule has 0 unspecified atom stereocenters. The molecule has 0 atom stereocenters. The van der Waals surface area contributed by atoms with Crippen molar-refractivity contribution >= 4 is 25.5 Å². The molecule has 0 spiro atoms. The monoisotopic (exact) mass is 308 g/mol. The fraction of sp³-hybridized carbons (Fsp3) is 0.0833. The van der Waals surface area contributed by atoms with Gasteiger partial charge in [0.2, 0.25) is 0 Å². The third kappa shape index (κ3) is 2.50. The van der Waals surface area contributed by atoms with Crippen LogP contribution in [0.4, 0.5) is 0 Å². The third-order valence-electron chi connectivity index (χ3n) is 2.83. The molecule has 102 valence electrons. The smallest absolute Gasteiger partial charge is 0.261 e. The van der Waals surface area contributed by atoms with Crippen LogP contribution >= 0.6 is 10.7 Å². The molecule has 6 nitrogen and oxygen atoms in total. The minimum absolute atomic E-state index is 0.0793. The molecule has 0 aliphatic heterocycles. The van der Waals surface area contributed by atoms with Crippen molar-refractivity contribution in [2.24, 2.45) is 0 Å². The van der Waals surface area contributed by atoms with Gasteiger partial charge in [-0.15, -0.1) is 10.2 Å². The van der Waals surface area contributed by atoms with Crippen LogP contribution in [0.15, 0.2) is 47.6 Å². The first-order chi connectivity index (χ1) is 9.54. The van der Waals surface area contributed by atoms with Crippen LogP contribution in [0.5, 0.6) is 0 Å². The van der Waals surface area contributed by atoms with E-state index in [0.717, 1.165) is 11.4 Å². The molecule has 2 aromatic heterocycles. The maximum Gasteiger partial charge on any atom is 0.261 e. The first-order valence-corrected chi connectivity index (χ1v) is 8.03. The maximum absolute atomic E-state index is 11.2. The van der Waals surface area contributed by atoms with Gasteiger partial charge in [0.25, 0.3) is 14.8 Å². The quantitative estimate of drug-likeness (QED) is 0.687. The van der Waals surface area contributed by atoms with Crippen LogP contribution in [0.3, 0.4) is 0 Å². The van der Waals surface area contributed by atoms with Gasteiger partial charge in [0.05, 0.1) is 4.90 Å². The van der Waals surface area contributed by atoms with Gasteiger partial charge in [-0.25, -0.2) is 13.4 Å². The Bertz CT molecular complexity index is 859. The van der Waals surface area contributed by atoms with Gasteiger partial charge in [0.15, 0.2) is 0 Å². The summed E-state index contributed by atoms with van der Waals surface area (Å²) in [6, 6.07) is 8.14. The zero-order valence-corrected chi connectivity index (χ0v) is 11.7. The van der Waals surface area contributed by atoms with Crippen molar-refractivity contribution in [3.8, 4) is 0 Å². The Labute approximate surface area is 119 Å². The second-order valence-corrected chi connectivity index (χ2v) is 6.73. The van der Waals surface area contributed by atoms with E-state index in [9.17, 15) is 8.42 Å². The number of hydrogen-bond donors (Lipinski definition) is 0. The zero-order valence-electron chi connectivity index (χ0n) is 10.1. The minimum atomic E-state index is -3.69. The van der Waals surface area contributed by atoms with Gasteiger partial charge >= 0.3 is 0 Å². The van der Waals surface area contributed by atoms with Crippen molar-refractivity contribution in [3.63, 3.8) is 0 Å². The van der Waals surface area contributed by atoms with E-state index in [1.54, 1.807) is 28.8 Å². The van der Waals surface area contributed by atoms with Crippen molar-refractivity contribution in [1.29, 1.82) is 0 Å². The number of benzene rings is 1. The van der Waals surface area contributed by atoms with Gasteiger partial charge < -0.3 is 0 Å². The van der Waals surface area contributed by atoms with Crippen molar-refractivity contribution in [2.45, 2.75) is 11.3 Å². The molecule has 8 heteroatoms. The van der Waals surface area contributed by atoms with Crippen LogP contribution in [0.2, 0.25) is 0 Å². The van der Waals surface area contributed by atoms with E-state index in [-0.39, 0.29) is 4.90 Å². The summed E-state index contributed by atoms with van der Waals surface area (Å²) in [6.45, 7) is 0. The molecule has 0 aliphatic carbocycles.